The summed E-state index contributed by atoms with van der Waals surface area (Å²) in [5.74, 6) is 1.34. The van der Waals surface area contributed by atoms with E-state index >= 15 is 0 Å². The molecule has 3 N–H and O–H groups in total. The first-order valence-electron chi connectivity index (χ1n) is 8.50. The third-order valence-corrected chi connectivity index (χ3v) is 4.53. The number of methoxy groups -OCH3 is 1. The van der Waals surface area contributed by atoms with Crippen molar-refractivity contribution in [1.82, 2.24) is 15.1 Å². The van der Waals surface area contributed by atoms with Crippen molar-refractivity contribution < 1.29 is 14.3 Å². The first kappa shape index (κ1) is 17.3. The maximum atomic E-state index is 11.2. The second-order valence-corrected chi connectivity index (χ2v) is 6.21. The van der Waals surface area contributed by atoms with Crippen LogP contribution in [0.1, 0.15) is 34.9 Å². The number of H-pyrrole nitrogens is 1. The average molecular weight is 344 g/mol. The van der Waals surface area contributed by atoms with Crippen LogP contribution in [-0.4, -0.2) is 54.4 Å². The molecule has 1 fully saturated rings. The summed E-state index contributed by atoms with van der Waals surface area (Å²) in [7, 11) is 1.64. The lowest BCUT2D eigenvalue weighted by molar-refractivity contribution is 0.0995. The van der Waals surface area contributed by atoms with Gasteiger partial charge in [-0.3, -0.25) is 14.8 Å². The zero-order chi connectivity index (χ0) is 17.6. The molecular formula is C18H24N4O3. The lowest BCUT2D eigenvalue weighted by atomic mass is 9.94. The monoisotopic (exact) mass is 344 g/mol. The average Bonchev–Trinajstić information content (AvgIpc) is 3.13. The lowest BCUT2D eigenvalue weighted by Gasteiger charge is -2.32. The highest BCUT2D eigenvalue weighted by molar-refractivity contribution is 5.90. The van der Waals surface area contributed by atoms with Crippen molar-refractivity contribution in [2.24, 2.45) is 5.73 Å². The lowest BCUT2D eigenvalue weighted by Crippen LogP contribution is -2.37. The molecule has 1 aromatic carbocycles. The number of rotatable bonds is 7. The van der Waals surface area contributed by atoms with E-state index in [-0.39, 0.29) is 0 Å². The molecule has 7 heteroatoms. The number of piperidine rings is 1. The Kier molecular flexibility index (Phi) is 5.55. The summed E-state index contributed by atoms with van der Waals surface area (Å²) in [5, 5.41) is 6.93. The fraction of sp³-hybridized carbons (Fsp3) is 0.444. The molecule has 134 valence electrons. The van der Waals surface area contributed by atoms with E-state index in [2.05, 4.69) is 15.1 Å². The number of aromatic nitrogens is 2. The molecule has 0 bridgehead atoms. The van der Waals surface area contributed by atoms with E-state index < -0.39 is 5.91 Å². The van der Waals surface area contributed by atoms with Gasteiger partial charge in [0, 0.05) is 24.7 Å². The Bertz CT molecular complexity index is 716. The van der Waals surface area contributed by atoms with Crippen LogP contribution >= 0.6 is 0 Å². The fourth-order valence-electron chi connectivity index (χ4n) is 3.21. The van der Waals surface area contributed by atoms with Crippen molar-refractivity contribution >= 4 is 5.91 Å². The van der Waals surface area contributed by atoms with Gasteiger partial charge in [0.05, 0.1) is 7.11 Å². The number of nitrogens with zero attached hydrogens (tertiary/aromatic N) is 2. The van der Waals surface area contributed by atoms with E-state index in [1.54, 1.807) is 13.2 Å². The minimum atomic E-state index is -0.500. The van der Waals surface area contributed by atoms with Crippen molar-refractivity contribution in [3.05, 3.63) is 41.7 Å². The molecule has 1 aromatic heterocycles. The molecule has 1 aliphatic rings. The smallest absolute Gasteiger partial charge is 0.269 e. The molecule has 2 heterocycles. The fourth-order valence-corrected chi connectivity index (χ4v) is 3.21. The van der Waals surface area contributed by atoms with Crippen molar-refractivity contribution in [2.75, 3.05) is 33.4 Å². The van der Waals surface area contributed by atoms with Gasteiger partial charge in [-0.25, -0.2) is 0 Å². The van der Waals surface area contributed by atoms with Crippen LogP contribution in [0.3, 0.4) is 0 Å². The van der Waals surface area contributed by atoms with Crippen LogP contribution in [0.5, 0.6) is 11.5 Å². The molecule has 1 saturated heterocycles. The largest absolute Gasteiger partial charge is 0.493 e. The molecular weight excluding hydrogens is 320 g/mol. The number of benzene rings is 1. The zero-order valence-electron chi connectivity index (χ0n) is 14.4. The van der Waals surface area contributed by atoms with Gasteiger partial charge < -0.3 is 15.2 Å². The van der Waals surface area contributed by atoms with Gasteiger partial charge in [-0.1, -0.05) is 12.1 Å². The maximum Gasteiger partial charge on any atom is 0.269 e. The van der Waals surface area contributed by atoms with E-state index in [1.165, 1.54) is 0 Å². The molecule has 25 heavy (non-hydrogen) atoms. The molecule has 7 nitrogen and oxygen atoms in total. The maximum absolute atomic E-state index is 11.2. The van der Waals surface area contributed by atoms with E-state index in [0.29, 0.717) is 18.2 Å². The van der Waals surface area contributed by atoms with Crippen LogP contribution in [0.15, 0.2) is 30.3 Å². The molecule has 1 atom stereocenters. The van der Waals surface area contributed by atoms with Crippen molar-refractivity contribution in [2.45, 2.75) is 18.8 Å². The highest BCUT2D eigenvalue weighted by Gasteiger charge is 2.23. The van der Waals surface area contributed by atoms with E-state index in [4.69, 9.17) is 15.2 Å². The Hall–Kier alpha value is -2.54. The number of ether oxygens (including phenoxy) is 2. The Morgan fingerprint density at radius 1 is 1.40 bits per heavy atom. The van der Waals surface area contributed by atoms with Crippen LogP contribution < -0.4 is 15.2 Å². The molecule has 0 aliphatic carbocycles. The first-order chi connectivity index (χ1) is 12.2. The van der Waals surface area contributed by atoms with Gasteiger partial charge in [0.25, 0.3) is 5.91 Å². The van der Waals surface area contributed by atoms with Crippen LogP contribution in [0, 0.1) is 0 Å². The Morgan fingerprint density at radius 3 is 2.92 bits per heavy atom. The number of nitrogens with two attached hydrogens (primary N) is 1. The molecule has 2 aromatic rings. The SMILES string of the molecule is COc1ccccc1OCCN1CCC[C@@H](c2cc(C(N)=O)n[nH]2)C1. The summed E-state index contributed by atoms with van der Waals surface area (Å²) in [5.41, 5.74) is 6.54. The minimum absolute atomic E-state index is 0.298. The quantitative estimate of drug-likeness (QED) is 0.798. The third kappa shape index (κ3) is 4.30. The molecule has 0 saturated carbocycles. The van der Waals surface area contributed by atoms with Crippen LogP contribution in [-0.2, 0) is 0 Å². The zero-order valence-corrected chi connectivity index (χ0v) is 14.4. The molecule has 0 unspecified atom stereocenters. The Labute approximate surface area is 147 Å². The number of primary amides is 1. The summed E-state index contributed by atoms with van der Waals surface area (Å²) in [6.45, 7) is 3.40. The topological polar surface area (TPSA) is 93.5 Å². The van der Waals surface area contributed by atoms with Crippen LogP contribution in [0.2, 0.25) is 0 Å². The first-order valence-corrected chi connectivity index (χ1v) is 8.50. The van der Waals surface area contributed by atoms with Crippen LogP contribution in [0.25, 0.3) is 0 Å². The number of carbonyl (C=O) groups excluding carboxylic acids is 1. The van der Waals surface area contributed by atoms with Gasteiger partial charge in [0.2, 0.25) is 0 Å². The predicted octanol–water partition coefficient (Wildman–Crippen LogP) is 1.78. The summed E-state index contributed by atoms with van der Waals surface area (Å²) >= 11 is 0. The standard InChI is InChI=1S/C18H24N4O3/c1-24-16-6-2-3-7-17(16)25-10-9-22-8-4-5-13(12-22)14-11-15(18(19)23)21-20-14/h2-3,6-7,11,13H,4-5,8-10,12H2,1H3,(H2,19,23)(H,20,21)/t13-/m1/s1. The van der Waals surface area contributed by atoms with Crippen molar-refractivity contribution in [1.29, 1.82) is 0 Å². The number of likely N-dealkylation sites (tertiary alicyclic amines) is 1. The van der Waals surface area contributed by atoms with Gasteiger partial charge >= 0.3 is 0 Å². The third-order valence-electron chi connectivity index (χ3n) is 4.53. The van der Waals surface area contributed by atoms with E-state index in [0.717, 1.165) is 49.7 Å². The van der Waals surface area contributed by atoms with Gasteiger partial charge in [-0.05, 0) is 37.6 Å². The Morgan fingerprint density at radius 2 is 2.20 bits per heavy atom. The Balaban J connectivity index is 1.52. The van der Waals surface area contributed by atoms with Crippen molar-refractivity contribution in [3.8, 4) is 11.5 Å². The summed E-state index contributed by atoms with van der Waals surface area (Å²) in [6.07, 6.45) is 2.18. The summed E-state index contributed by atoms with van der Waals surface area (Å²) < 4.78 is 11.2. The molecule has 1 aliphatic heterocycles. The normalized spacial score (nSPS) is 18.0. The number of amides is 1. The molecule has 1 amide bonds. The number of aromatic amines is 1. The van der Waals surface area contributed by atoms with Crippen LogP contribution in [0.4, 0.5) is 0 Å². The molecule has 3 rings (SSSR count). The minimum Gasteiger partial charge on any atom is -0.493 e. The van der Waals surface area contributed by atoms with E-state index in [1.807, 2.05) is 24.3 Å². The van der Waals surface area contributed by atoms with Gasteiger partial charge in [0.15, 0.2) is 11.5 Å². The van der Waals surface area contributed by atoms with Gasteiger partial charge in [-0.2, -0.15) is 5.10 Å². The summed E-state index contributed by atoms with van der Waals surface area (Å²) in [4.78, 5) is 13.6. The summed E-state index contributed by atoms with van der Waals surface area (Å²) in [6, 6.07) is 9.42. The second kappa shape index (κ2) is 8.02. The number of nitrogens with one attached hydrogen (secondary N) is 1. The highest BCUT2D eigenvalue weighted by Crippen LogP contribution is 2.27. The number of para-hydroxylation sites is 2. The number of hydrogen-bond donors (Lipinski definition) is 2. The number of hydrogen-bond acceptors (Lipinski definition) is 5. The highest BCUT2D eigenvalue weighted by atomic mass is 16.5. The van der Waals surface area contributed by atoms with Gasteiger partial charge in [0.1, 0.15) is 12.3 Å². The van der Waals surface area contributed by atoms with Crippen molar-refractivity contribution in [3.63, 3.8) is 0 Å². The second-order valence-electron chi connectivity index (χ2n) is 6.21. The van der Waals surface area contributed by atoms with Gasteiger partial charge in [-0.15, -0.1) is 0 Å². The predicted molar refractivity (Wildman–Crippen MR) is 94.0 cm³/mol. The van der Waals surface area contributed by atoms with E-state index in [9.17, 15) is 4.79 Å². The molecule has 0 spiro atoms. The number of carbonyl (C=O) groups is 1. The molecule has 0 radical (unpaired) electrons.